The first-order valence-electron chi connectivity index (χ1n) is 11.8. The molecule has 164 valence electrons. The van der Waals surface area contributed by atoms with Crippen molar-refractivity contribution in [2.45, 2.75) is 132 Å². The monoisotopic (exact) mass is 384 g/mol. The van der Waals surface area contributed by atoms with Gasteiger partial charge in [0.2, 0.25) is 0 Å². The van der Waals surface area contributed by atoms with E-state index in [4.69, 9.17) is 0 Å². The summed E-state index contributed by atoms with van der Waals surface area (Å²) in [4.78, 5) is 0. The highest BCUT2D eigenvalue weighted by molar-refractivity contribution is 4.90. The third-order valence-electron chi connectivity index (χ3n) is 7.18. The zero-order chi connectivity index (χ0) is 21.3. The van der Waals surface area contributed by atoms with Gasteiger partial charge in [-0.15, -0.1) is 0 Å². The van der Waals surface area contributed by atoms with Gasteiger partial charge in [0, 0.05) is 0 Å². The van der Waals surface area contributed by atoms with Gasteiger partial charge < -0.3 is 10.2 Å². The van der Waals surface area contributed by atoms with Crippen LogP contribution in [0.2, 0.25) is 0 Å². The molecular formula is C25H52O2. The Bertz CT molecular complexity index is 375. The summed E-state index contributed by atoms with van der Waals surface area (Å²) < 4.78 is 0. The molecule has 2 nitrogen and oxygen atoms in total. The molecule has 4 atom stereocenters. The second-order valence-electron chi connectivity index (χ2n) is 10.8. The fraction of sp³-hybridized carbons (Fsp3) is 1.00. The molecule has 0 bridgehead atoms. The highest BCUT2D eigenvalue weighted by atomic mass is 16.3. The Balaban J connectivity index is 4.95. The first-order chi connectivity index (χ1) is 12.4. The van der Waals surface area contributed by atoms with Crippen molar-refractivity contribution in [2.24, 2.45) is 28.6 Å². The molecule has 3 unspecified atom stereocenters. The maximum absolute atomic E-state index is 11.3. The minimum atomic E-state index is -0.223. The molecule has 27 heavy (non-hydrogen) atoms. The minimum Gasteiger partial charge on any atom is -0.393 e. The lowest BCUT2D eigenvalue weighted by Crippen LogP contribution is -2.41. The Labute approximate surface area is 171 Å². The van der Waals surface area contributed by atoms with Crippen molar-refractivity contribution in [3.63, 3.8) is 0 Å². The fourth-order valence-corrected chi connectivity index (χ4v) is 4.65. The number of rotatable bonds is 15. The van der Waals surface area contributed by atoms with E-state index in [1.54, 1.807) is 0 Å². The minimum absolute atomic E-state index is 0.0527. The van der Waals surface area contributed by atoms with Crippen LogP contribution in [0.25, 0.3) is 0 Å². The molecule has 0 aliphatic rings. The number of aliphatic hydroxyl groups is 2. The van der Waals surface area contributed by atoms with E-state index in [0.717, 1.165) is 50.9 Å². The van der Waals surface area contributed by atoms with Crippen LogP contribution in [0.4, 0.5) is 0 Å². The second-order valence-corrected chi connectivity index (χ2v) is 10.8. The molecule has 0 aromatic rings. The van der Waals surface area contributed by atoms with Gasteiger partial charge in [0.15, 0.2) is 0 Å². The van der Waals surface area contributed by atoms with Crippen LogP contribution in [0.15, 0.2) is 0 Å². The summed E-state index contributed by atoms with van der Waals surface area (Å²) in [6.07, 6.45) is 9.15. The Kier molecular flexibility index (Phi) is 12.4. The normalized spacial score (nSPS) is 18.6. The van der Waals surface area contributed by atoms with Crippen molar-refractivity contribution in [3.8, 4) is 0 Å². The molecule has 0 aliphatic heterocycles. The Morgan fingerprint density at radius 3 is 1.74 bits per heavy atom. The molecule has 2 heteroatoms. The highest BCUT2D eigenvalue weighted by Crippen LogP contribution is 2.45. The summed E-state index contributed by atoms with van der Waals surface area (Å²) in [5.41, 5.74) is 0.223. The van der Waals surface area contributed by atoms with Crippen LogP contribution in [0.1, 0.15) is 120 Å². The summed E-state index contributed by atoms with van der Waals surface area (Å²) in [6, 6.07) is 0. The molecular weight excluding hydrogens is 332 g/mol. The third kappa shape index (κ3) is 9.31. The average Bonchev–Trinajstić information content (AvgIpc) is 2.60. The smallest absolute Gasteiger partial charge is 0.0599 e. The first kappa shape index (κ1) is 26.9. The SMILES string of the molecule is CCCC(CC)(C(O)CCC(C)(C)CCC(O)C(C)C)[C@H](C)CCC(C)C. The lowest BCUT2D eigenvalue weighted by molar-refractivity contribution is -0.0416. The van der Waals surface area contributed by atoms with Crippen LogP contribution in [-0.4, -0.2) is 22.4 Å². The summed E-state index contributed by atoms with van der Waals surface area (Å²) >= 11 is 0. The van der Waals surface area contributed by atoms with Crippen LogP contribution in [0.5, 0.6) is 0 Å². The second kappa shape index (κ2) is 12.5. The summed E-state index contributed by atoms with van der Waals surface area (Å²) in [5, 5.41) is 21.4. The molecule has 0 aromatic carbocycles. The predicted molar refractivity (Wildman–Crippen MR) is 120 cm³/mol. The predicted octanol–water partition coefficient (Wildman–Crippen LogP) is 7.22. The highest BCUT2D eigenvalue weighted by Gasteiger charge is 2.40. The van der Waals surface area contributed by atoms with Crippen molar-refractivity contribution >= 4 is 0 Å². The van der Waals surface area contributed by atoms with Crippen molar-refractivity contribution in [3.05, 3.63) is 0 Å². The lowest BCUT2D eigenvalue weighted by atomic mass is 9.63. The van der Waals surface area contributed by atoms with Crippen molar-refractivity contribution < 1.29 is 10.2 Å². The Hall–Kier alpha value is -0.0800. The fourth-order valence-electron chi connectivity index (χ4n) is 4.65. The van der Waals surface area contributed by atoms with Gasteiger partial charge >= 0.3 is 0 Å². The van der Waals surface area contributed by atoms with Crippen LogP contribution in [0, 0.1) is 28.6 Å². The van der Waals surface area contributed by atoms with E-state index in [2.05, 4.69) is 62.3 Å². The van der Waals surface area contributed by atoms with E-state index in [0.29, 0.717) is 11.8 Å². The maximum atomic E-state index is 11.3. The standard InChI is InChI=1S/C25H52O2/c1-10-16-25(11-2,21(7)13-12-19(3)4)23(27)15-18-24(8,9)17-14-22(26)20(5)6/h19-23,26-27H,10-18H2,1-9H3/t21-,22?,23?,25?/m1/s1. The topological polar surface area (TPSA) is 40.5 Å². The average molecular weight is 385 g/mol. The van der Waals surface area contributed by atoms with Gasteiger partial charge in [-0.2, -0.15) is 0 Å². The summed E-state index contributed by atoms with van der Waals surface area (Å²) in [7, 11) is 0. The quantitative estimate of drug-likeness (QED) is 0.313. The number of aliphatic hydroxyl groups excluding tert-OH is 2. The van der Waals surface area contributed by atoms with E-state index < -0.39 is 0 Å². The van der Waals surface area contributed by atoms with E-state index in [9.17, 15) is 10.2 Å². The van der Waals surface area contributed by atoms with E-state index in [-0.39, 0.29) is 23.0 Å². The van der Waals surface area contributed by atoms with Gasteiger partial charge in [-0.1, -0.05) is 75.2 Å². The Morgan fingerprint density at radius 1 is 0.741 bits per heavy atom. The van der Waals surface area contributed by atoms with Crippen molar-refractivity contribution in [2.75, 3.05) is 0 Å². The van der Waals surface area contributed by atoms with Gasteiger partial charge in [0.25, 0.3) is 0 Å². The molecule has 0 saturated carbocycles. The van der Waals surface area contributed by atoms with E-state index >= 15 is 0 Å². The zero-order valence-electron chi connectivity index (χ0n) is 20.1. The number of hydrogen-bond acceptors (Lipinski definition) is 2. The molecule has 0 heterocycles. The van der Waals surface area contributed by atoms with Crippen LogP contribution < -0.4 is 0 Å². The molecule has 2 N–H and O–H groups in total. The molecule has 0 radical (unpaired) electrons. The van der Waals surface area contributed by atoms with Gasteiger partial charge in [-0.3, -0.25) is 0 Å². The summed E-state index contributed by atoms with van der Waals surface area (Å²) in [6.45, 7) is 20.2. The van der Waals surface area contributed by atoms with Crippen molar-refractivity contribution in [1.29, 1.82) is 0 Å². The molecule has 0 spiro atoms. The lowest BCUT2D eigenvalue weighted by Gasteiger charge is -2.44. The van der Waals surface area contributed by atoms with Gasteiger partial charge in [-0.25, -0.2) is 0 Å². The van der Waals surface area contributed by atoms with E-state index in [1.165, 1.54) is 12.8 Å². The largest absolute Gasteiger partial charge is 0.393 e. The Morgan fingerprint density at radius 2 is 1.30 bits per heavy atom. The van der Waals surface area contributed by atoms with Crippen LogP contribution >= 0.6 is 0 Å². The number of hydrogen-bond donors (Lipinski definition) is 2. The van der Waals surface area contributed by atoms with Crippen LogP contribution in [-0.2, 0) is 0 Å². The van der Waals surface area contributed by atoms with Crippen molar-refractivity contribution in [1.82, 2.24) is 0 Å². The molecule has 0 aliphatic carbocycles. The first-order valence-corrected chi connectivity index (χ1v) is 11.8. The molecule has 0 rings (SSSR count). The molecule has 0 amide bonds. The molecule has 0 saturated heterocycles. The van der Waals surface area contributed by atoms with E-state index in [1.807, 2.05) is 0 Å². The van der Waals surface area contributed by atoms with Gasteiger partial charge in [0.05, 0.1) is 12.2 Å². The van der Waals surface area contributed by atoms with Gasteiger partial charge in [0.1, 0.15) is 0 Å². The molecule has 0 aromatic heterocycles. The zero-order valence-corrected chi connectivity index (χ0v) is 20.1. The van der Waals surface area contributed by atoms with Crippen LogP contribution in [0.3, 0.4) is 0 Å². The summed E-state index contributed by atoms with van der Waals surface area (Å²) in [5.74, 6) is 1.61. The maximum Gasteiger partial charge on any atom is 0.0599 e. The third-order valence-corrected chi connectivity index (χ3v) is 7.18. The van der Waals surface area contributed by atoms with Gasteiger partial charge in [-0.05, 0) is 73.5 Å². The molecule has 0 fully saturated rings.